The monoisotopic (exact) mass is 416 g/mol. The highest BCUT2D eigenvalue weighted by molar-refractivity contribution is 5.86. The average molecular weight is 416 g/mol. The number of rotatable bonds is 4. The highest BCUT2D eigenvalue weighted by Crippen LogP contribution is 2.34. The maximum Gasteiger partial charge on any atom is 0.426 e. The Morgan fingerprint density at radius 2 is 2.03 bits per heavy atom. The molecule has 0 spiro atoms. The minimum absolute atomic E-state index is 0.0919. The van der Waals surface area contributed by atoms with Gasteiger partial charge in [0.1, 0.15) is 5.75 Å². The van der Waals surface area contributed by atoms with Gasteiger partial charge in [-0.15, -0.1) is 0 Å². The molecule has 29 heavy (non-hydrogen) atoms. The molecule has 0 aliphatic carbocycles. The van der Waals surface area contributed by atoms with Crippen molar-refractivity contribution in [1.29, 1.82) is 0 Å². The number of nitrogens with zero attached hydrogens (tertiary/aromatic N) is 2. The fraction of sp³-hybridized carbons (Fsp3) is 0.579. The summed E-state index contributed by atoms with van der Waals surface area (Å²) in [6.07, 6.45) is -5.60. The van der Waals surface area contributed by atoms with Crippen molar-refractivity contribution in [3.05, 3.63) is 29.8 Å². The number of hydrogen-bond acceptors (Lipinski definition) is 5. The number of ether oxygens (including phenoxy) is 2. The van der Waals surface area contributed by atoms with E-state index in [0.29, 0.717) is 12.7 Å². The molecule has 7 nitrogen and oxygen atoms in total. The molecule has 160 valence electrons. The average Bonchev–Trinajstić information content (AvgIpc) is 3.10. The smallest absolute Gasteiger partial charge is 0.426 e. The molecule has 1 aromatic rings. The van der Waals surface area contributed by atoms with Crippen LogP contribution in [0.2, 0.25) is 0 Å². The van der Waals surface area contributed by atoms with E-state index in [1.165, 1.54) is 7.11 Å². The van der Waals surface area contributed by atoms with E-state index in [4.69, 9.17) is 9.47 Å². The van der Waals surface area contributed by atoms with Gasteiger partial charge in [0.05, 0.1) is 32.3 Å². The largest absolute Gasteiger partial charge is 0.497 e. The SMILES string of the molecule is COc1cccc(CC(=O)N2CCO[C@@H]3CN(C(=O)C(C)(O)C(F)(F)F)C[C@H]32)c1. The van der Waals surface area contributed by atoms with E-state index in [9.17, 15) is 27.9 Å². The van der Waals surface area contributed by atoms with E-state index in [1.54, 1.807) is 29.2 Å². The number of fused-ring (bicyclic) bond motifs is 1. The minimum atomic E-state index is -5.10. The molecule has 2 heterocycles. The summed E-state index contributed by atoms with van der Waals surface area (Å²) in [5.41, 5.74) is -2.75. The third-order valence-corrected chi connectivity index (χ3v) is 5.37. The fourth-order valence-corrected chi connectivity index (χ4v) is 3.65. The van der Waals surface area contributed by atoms with Gasteiger partial charge in [-0.05, 0) is 24.6 Å². The summed E-state index contributed by atoms with van der Waals surface area (Å²) in [7, 11) is 1.52. The molecule has 2 aliphatic heterocycles. The normalized spacial score (nSPS) is 24.1. The van der Waals surface area contributed by atoms with Gasteiger partial charge in [-0.25, -0.2) is 0 Å². The summed E-state index contributed by atoms with van der Waals surface area (Å²) in [4.78, 5) is 27.6. The van der Waals surface area contributed by atoms with Crippen LogP contribution in [-0.4, -0.2) is 84.0 Å². The van der Waals surface area contributed by atoms with Gasteiger partial charge in [0.15, 0.2) is 0 Å². The topological polar surface area (TPSA) is 79.3 Å². The van der Waals surface area contributed by atoms with Crippen LogP contribution in [0.15, 0.2) is 24.3 Å². The van der Waals surface area contributed by atoms with Crippen molar-refractivity contribution in [2.24, 2.45) is 0 Å². The van der Waals surface area contributed by atoms with Crippen LogP contribution < -0.4 is 4.74 Å². The lowest BCUT2D eigenvalue weighted by molar-refractivity contribution is -0.249. The van der Waals surface area contributed by atoms with E-state index in [0.717, 1.165) is 10.5 Å². The second-order valence-corrected chi connectivity index (χ2v) is 7.37. The number of carbonyl (C=O) groups is 2. The van der Waals surface area contributed by atoms with Crippen LogP contribution in [0.1, 0.15) is 12.5 Å². The maximum absolute atomic E-state index is 13.0. The zero-order valence-corrected chi connectivity index (χ0v) is 16.1. The molecule has 0 radical (unpaired) electrons. The molecule has 2 fully saturated rings. The maximum atomic E-state index is 13.0. The number of halogens is 3. The Hall–Kier alpha value is -2.33. The number of likely N-dealkylation sites (tertiary alicyclic amines) is 1. The Morgan fingerprint density at radius 1 is 1.31 bits per heavy atom. The second kappa shape index (κ2) is 7.83. The third-order valence-electron chi connectivity index (χ3n) is 5.37. The van der Waals surface area contributed by atoms with E-state index in [1.807, 2.05) is 0 Å². The summed E-state index contributed by atoms with van der Waals surface area (Å²) in [5.74, 6) is -1.04. The number of methoxy groups -OCH3 is 1. The van der Waals surface area contributed by atoms with Crippen molar-refractivity contribution in [3.63, 3.8) is 0 Å². The molecule has 0 aromatic heterocycles. The van der Waals surface area contributed by atoms with Crippen LogP contribution in [0.4, 0.5) is 13.2 Å². The molecular weight excluding hydrogens is 393 g/mol. The molecular formula is C19H23F3N2O5. The summed E-state index contributed by atoms with van der Waals surface area (Å²) in [5, 5.41) is 9.68. The van der Waals surface area contributed by atoms with Gasteiger partial charge >= 0.3 is 6.18 Å². The number of amides is 2. The van der Waals surface area contributed by atoms with Crippen LogP contribution >= 0.6 is 0 Å². The van der Waals surface area contributed by atoms with Gasteiger partial charge in [-0.3, -0.25) is 9.59 Å². The van der Waals surface area contributed by atoms with Crippen molar-refractivity contribution < 1.29 is 37.3 Å². The number of hydrogen-bond donors (Lipinski definition) is 1. The van der Waals surface area contributed by atoms with E-state index < -0.39 is 29.8 Å². The van der Waals surface area contributed by atoms with E-state index in [-0.39, 0.29) is 38.6 Å². The predicted octanol–water partition coefficient (Wildman–Crippen LogP) is 0.989. The molecule has 2 aliphatic rings. The minimum Gasteiger partial charge on any atom is -0.497 e. The number of alkyl halides is 3. The molecule has 0 bridgehead atoms. The molecule has 2 saturated heterocycles. The first-order chi connectivity index (χ1) is 13.5. The van der Waals surface area contributed by atoms with Crippen molar-refractivity contribution in [2.75, 3.05) is 33.4 Å². The standard InChI is InChI=1S/C19H23F3N2O5/c1-18(27,19(20,21)22)17(26)23-10-14-15(11-23)29-7-6-24(14)16(25)9-12-4-3-5-13(8-12)28-2/h3-5,8,14-15,27H,6-7,9-11H2,1-2H3/t14-,15-,18?/m1/s1. The van der Waals surface area contributed by atoms with Gasteiger partial charge in [-0.2, -0.15) is 13.2 Å². The summed E-state index contributed by atoms with van der Waals surface area (Å²) < 4.78 is 49.8. The highest BCUT2D eigenvalue weighted by Gasteiger charge is 2.59. The number of morpholine rings is 1. The molecule has 0 saturated carbocycles. The molecule has 1 N–H and O–H groups in total. The van der Waals surface area contributed by atoms with Gasteiger partial charge < -0.3 is 24.4 Å². The van der Waals surface area contributed by atoms with Crippen LogP contribution in [0.5, 0.6) is 5.75 Å². The number of benzene rings is 1. The molecule has 1 aromatic carbocycles. The van der Waals surface area contributed by atoms with Crippen LogP contribution in [0, 0.1) is 0 Å². The van der Waals surface area contributed by atoms with Gasteiger partial charge in [0.2, 0.25) is 11.5 Å². The molecule has 10 heteroatoms. The zero-order chi connectivity index (χ0) is 21.4. The van der Waals surface area contributed by atoms with Crippen molar-refractivity contribution in [2.45, 2.75) is 37.3 Å². The first-order valence-electron chi connectivity index (χ1n) is 9.17. The Bertz CT molecular complexity index is 783. The highest BCUT2D eigenvalue weighted by atomic mass is 19.4. The lowest BCUT2D eigenvalue weighted by Crippen LogP contribution is -2.56. The van der Waals surface area contributed by atoms with Crippen LogP contribution in [-0.2, 0) is 20.7 Å². The van der Waals surface area contributed by atoms with Crippen molar-refractivity contribution in [1.82, 2.24) is 9.80 Å². The molecule has 2 amide bonds. The molecule has 3 atom stereocenters. The Labute approximate surface area is 166 Å². The van der Waals surface area contributed by atoms with E-state index >= 15 is 0 Å². The Kier molecular flexibility index (Phi) is 5.77. The third kappa shape index (κ3) is 4.18. The molecule has 1 unspecified atom stereocenters. The Balaban J connectivity index is 1.71. The van der Waals surface area contributed by atoms with Crippen molar-refractivity contribution in [3.8, 4) is 5.75 Å². The first-order valence-corrected chi connectivity index (χ1v) is 9.17. The fourth-order valence-electron chi connectivity index (χ4n) is 3.65. The summed E-state index contributed by atoms with van der Waals surface area (Å²) in [6, 6.07) is 6.48. The van der Waals surface area contributed by atoms with Crippen molar-refractivity contribution >= 4 is 11.8 Å². The quantitative estimate of drug-likeness (QED) is 0.792. The first kappa shape index (κ1) is 21.4. The zero-order valence-electron chi connectivity index (χ0n) is 16.1. The van der Waals surface area contributed by atoms with Gasteiger partial charge in [-0.1, -0.05) is 12.1 Å². The van der Waals surface area contributed by atoms with Crippen LogP contribution in [0.25, 0.3) is 0 Å². The lowest BCUT2D eigenvalue weighted by atomic mass is 10.1. The van der Waals surface area contributed by atoms with Crippen LogP contribution in [0.3, 0.4) is 0 Å². The van der Waals surface area contributed by atoms with Gasteiger partial charge in [0, 0.05) is 19.6 Å². The number of carbonyl (C=O) groups excluding carboxylic acids is 2. The second-order valence-electron chi connectivity index (χ2n) is 7.37. The predicted molar refractivity (Wildman–Crippen MR) is 95.2 cm³/mol. The summed E-state index contributed by atoms with van der Waals surface area (Å²) in [6.45, 7) is 0.701. The summed E-state index contributed by atoms with van der Waals surface area (Å²) >= 11 is 0. The van der Waals surface area contributed by atoms with E-state index in [2.05, 4.69) is 0 Å². The number of aliphatic hydroxyl groups is 1. The van der Waals surface area contributed by atoms with Gasteiger partial charge in [0.25, 0.3) is 5.91 Å². The Morgan fingerprint density at radius 3 is 2.69 bits per heavy atom. The molecule has 3 rings (SSSR count). The lowest BCUT2D eigenvalue weighted by Gasteiger charge is -2.36.